The first-order valence-electron chi connectivity index (χ1n) is 5.97. The van der Waals surface area contributed by atoms with Gasteiger partial charge in [-0.05, 0) is 19.1 Å². The molecule has 3 aromatic rings. The molecule has 2 aromatic heterocycles. The monoisotopic (exact) mass is 307 g/mol. The predicted octanol–water partition coefficient (Wildman–Crippen LogP) is 4.31. The second-order valence-corrected chi connectivity index (χ2v) is 5.70. The lowest BCUT2D eigenvalue weighted by atomic mass is 10.2. The third-order valence-corrected chi connectivity index (χ3v) is 4.14. The highest BCUT2D eigenvalue weighted by Gasteiger charge is 2.16. The molecule has 20 heavy (non-hydrogen) atoms. The lowest BCUT2D eigenvalue weighted by molar-refractivity contribution is 0.631. The van der Waals surface area contributed by atoms with Crippen molar-refractivity contribution < 1.29 is 4.39 Å². The maximum atomic E-state index is 13.9. The molecular weight excluding hydrogens is 297 g/mol. The fourth-order valence-electron chi connectivity index (χ4n) is 2.07. The van der Waals surface area contributed by atoms with Crippen molar-refractivity contribution >= 4 is 22.9 Å². The zero-order valence-corrected chi connectivity index (χ0v) is 12.5. The van der Waals surface area contributed by atoms with E-state index in [-0.39, 0.29) is 5.82 Å². The molecule has 1 aromatic carbocycles. The van der Waals surface area contributed by atoms with E-state index in [1.807, 2.05) is 25.5 Å². The average Bonchev–Trinajstić information content (AvgIpc) is 2.96. The van der Waals surface area contributed by atoms with Crippen molar-refractivity contribution in [3.8, 4) is 21.8 Å². The molecule has 0 aliphatic carbocycles. The van der Waals surface area contributed by atoms with E-state index >= 15 is 0 Å². The third kappa shape index (κ3) is 2.23. The predicted molar refractivity (Wildman–Crippen MR) is 79.5 cm³/mol. The smallest absolute Gasteiger partial charge is 0.134 e. The Hall–Kier alpha value is -1.72. The van der Waals surface area contributed by atoms with Crippen LogP contribution in [0.2, 0.25) is 5.02 Å². The number of hydrogen-bond donors (Lipinski definition) is 0. The zero-order chi connectivity index (χ0) is 14.3. The second kappa shape index (κ2) is 5.00. The van der Waals surface area contributed by atoms with Gasteiger partial charge in [-0.2, -0.15) is 5.10 Å². The molecule has 102 valence electrons. The molecule has 0 unspecified atom stereocenters. The van der Waals surface area contributed by atoms with Gasteiger partial charge in [-0.1, -0.05) is 17.7 Å². The van der Waals surface area contributed by atoms with Crippen molar-refractivity contribution in [3.05, 3.63) is 46.3 Å². The molecule has 0 aliphatic heterocycles. The van der Waals surface area contributed by atoms with Gasteiger partial charge in [-0.15, -0.1) is 11.3 Å². The van der Waals surface area contributed by atoms with E-state index in [1.54, 1.807) is 16.8 Å². The van der Waals surface area contributed by atoms with Crippen LogP contribution in [0.3, 0.4) is 0 Å². The van der Waals surface area contributed by atoms with Gasteiger partial charge in [0.25, 0.3) is 0 Å². The number of halogens is 2. The maximum Gasteiger partial charge on any atom is 0.134 e. The molecule has 3 nitrogen and oxygen atoms in total. The Bertz CT molecular complexity index is 758. The summed E-state index contributed by atoms with van der Waals surface area (Å²) in [5.41, 5.74) is 2.98. The Morgan fingerprint density at radius 1 is 1.35 bits per heavy atom. The average molecular weight is 308 g/mol. The highest BCUT2D eigenvalue weighted by molar-refractivity contribution is 7.13. The van der Waals surface area contributed by atoms with Crippen molar-refractivity contribution in [1.29, 1.82) is 0 Å². The Morgan fingerprint density at radius 3 is 2.80 bits per heavy atom. The van der Waals surface area contributed by atoms with Crippen molar-refractivity contribution in [3.63, 3.8) is 0 Å². The van der Waals surface area contributed by atoms with Gasteiger partial charge in [0, 0.05) is 24.2 Å². The van der Waals surface area contributed by atoms with Gasteiger partial charge in [0.15, 0.2) is 0 Å². The molecule has 6 heteroatoms. The first kappa shape index (κ1) is 13.3. The highest BCUT2D eigenvalue weighted by Crippen LogP contribution is 2.35. The minimum absolute atomic E-state index is 0.354. The van der Waals surface area contributed by atoms with Crippen LogP contribution in [0.1, 0.15) is 5.69 Å². The van der Waals surface area contributed by atoms with Gasteiger partial charge in [-0.3, -0.25) is 4.68 Å². The van der Waals surface area contributed by atoms with Gasteiger partial charge in [0.2, 0.25) is 0 Å². The number of hydrogen-bond acceptors (Lipinski definition) is 3. The van der Waals surface area contributed by atoms with Crippen LogP contribution in [0, 0.1) is 12.7 Å². The summed E-state index contributed by atoms with van der Waals surface area (Å²) in [7, 11) is 1.86. The van der Waals surface area contributed by atoms with E-state index in [0.29, 0.717) is 15.6 Å². The molecular formula is C14H11ClFN3S. The fourth-order valence-corrected chi connectivity index (χ4v) is 3.25. The van der Waals surface area contributed by atoms with Crippen LogP contribution < -0.4 is 0 Å². The molecule has 0 saturated heterocycles. The topological polar surface area (TPSA) is 30.7 Å². The summed E-state index contributed by atoms with van der Waals surface area (Å²) < 4.78 is 15.6. The van der Waals surface area contributed by atoms with E-state index < -0.39 is 0 Å². The fraction of sp³-hybridized carbons (Fsp3) is 0.143. The van der Waals surface area contributed by atoms with Gasteiger partial charge in [0.1, 0.15) is 10.8 Å². The summed E-state index contributed by atoms with van der Waals surface area (Å²) in [4.78, 5) is 4.49. The molecule has 0 fully saturated rings. The maximum absolute atomic E-state index is 13.9. The Morgan fingerprint density at radius 2 is 2.15 bits per heavy atom. The SMILES string of the molecule is Cc1nn(C)cc1-c1csc(-c2c(F)cccc2Cl)n1. The molecule has 2 heterocycles. The first-order valence-corrected chi connectivity index (χ1v) is 7.22. The van der Waals surface area contributed by atoms with Crippen LogP contribution in [0.5, 0.6) is 0 Å². The Balaban J connectivity index is 2.09. The molecule has 0 spiro atoms. The van der Waals surface area contributed by atoms with Crippen molar-refractivity contribution in [1.82, 2.24) is 14.8 Å². The summed E-state index contributed by atoms with van der Waals surface area (Å²) in [6.45, 7) is 1.92. The van der Waals surface area contributed by atoms with Gasteiger partial charge >= 0.3 is 0 Å². The quantitative estimate of drug-likeness (QED) is 0.706. The second-order valence-electron chi connectivity index (χ2n) is 4.44. The number of benzene rings is 1. The standard InChI is InChI=1S/C14H11ClFN3S/c1-8-9(6-19(2)18-8)12-7-20-14(17-12)13-10(15)4-3-5-11(13)16/h3-7H,1-2H3. The highest BCUT2D eigenvalue weighted by atomic mass is 35.5. The van der Waals surface area contributed by atoms with Gasteiger partial charge in [-0.25, -0.2) is 9.37 Å². The van der Waals surface area contributed by atoms with Crippen molar-refractivity contribution in [2.45, 2.75) is 6.92 Å². The molecule has 0 amide bonds. The summed E-state index contributed by atoms with van der Waals surface area (Å²) in [5.74, 6) is -0.360. The van der Waals surface area contributed by atoms with Crippen LogP contribution >= 0.6 is 22.9 Å². The number of rotatable bonds is 2. The van der Waals surface area contributed by atoms with Crippen LogP contribution in [0.4, 0.5) is 4.39 Å². The Labute approximate surface area is 124 Å². The minimum atomic E-state index is -0.360. The lowest BCUT2D eigenvalue weighted by Gasteiger charge is -2.01. The van der Waals surface area contributed by atoms with Crippen LogP contribution in [0.15, 0.2) is 29.8 Å². The largest absolute Gasteiger partial charge is 0.275 e. The van der Waals surface area contributed by atoms with E-state index in [4.69, 9.17) is 11.6 Å². The molecule has 3 rings (SSSR count). The number of aromatic nitrogens is 3. The molecule has 0 radical (unpaired) electrons. The van der Waals surface area contributed by atoms with E-state index in [9.17, 15) is 4.39 Å². The Kier molecular flexibility index (Phi) is 3.31. The normalized spacial score (nSPS) is 11.0. The van der Waals surface area contributed by atoms with E-state index in [2.05, 4.69) is 10.1 Å². The minimum Gasteiger partial charge on any atom is -0.275 e. The number of aryl methyl sites for hydroxylation is 2. The van der Waals surface area contributed by atoms with E-state index in [0.717, 1.165) is 17.0 Å². The molecule has 0 atom stereocenters. The molecule has 0 N–H and O–H groups in total. The van der Waals surface area contributed by atoms with Crippen molar-refractivity contribution in [2.24, 2.45) is 7.05 Å². The third-order valence-electron chi connectivity index (χ3n) is 2.97. The lowest BCUT2D eigenvalue weighted by Crippen LogP contribution is -1.86. The number of nitrogens with zero attached hydrogens (tertiary/aromatic N) is 3. The first-order chi connectivity index (χ1) is 9.56. The zero-order valence-electron chi connectivity index (χ0n) is 10.9. The summed E-state index contributed by atoms with van der Waals surface area (Å²) in [6.07, 6.45) is 1.90. The summed E-state index contributed by atoms with van der Waals surface area (Å²) in [6, 6.07) is 4.63. The van der Waals surface area contributed by atoms with Crippen LogP contribution in [-0.4, -0.2) is 14.8 Å². The van der Waals surface area contributed by atoms with Crippen LogP contribution in [0.25, 0.3) is 21.8 Å². The molecule has 0 saturated carbocycles. The molecule has 0 bridgehead atoms. The van der Waals surface area contributed by atoms with Gasteiger partial charge in [0.05, 0.1) is 22.0 Å². The van der Waals surface area contributed by atoms with E-state index in [1.165, 1.54) is 17.4 Å². The van der Waals surface area contributed by atoms with Crippen molar-refractivity contribution in [2.75, 3.05) is 0 Å². The van der Waals surface area contributed by atoms with Gasteiger partial charge < -0.3 is 0 Å². The number of thiazole rings is 1. The van der Waals surface area contributed by atoms with Crippen LogP contribution in [-0.2, 0) is 7.05 Å². The summed E-state index contributed by atoms with van der Waals surface area (Å²) in [5, 5.41) is 7.12. The molecule has 0 aliphatic rings. The summed E-state index contributed by atoms with van der Waals surface area (Å²) >= 11 is 7.44.